The SMILES string of the molecule is CC(O)c1cn(-c2cccc3cccnc23)nn1. The first-order valence-electron chi connectivity index (χ1n) is 5.70. The molecule has 0 bridgehead atoms. The number of pyridine rings is 1. The topological polar surface area (TPSA) is 63.8 Å². The number of fused-ring (bicyclic) bond motifs is 1. The third kappa shape index (κ3) is 1.74. The van der Waals surface area contributed by atoms with Crippen molar-refractivity contribution in [3.05, 3.63) is 48.4 Å². The molecule has 5 nitrogen and oxygen atoms in total. The van der Waals surface area contributed by atoms with Crippen LogP contribution in [-0.4, -0.2) is 25.1 Å². The minimum Gasteiger partial charge on any atom is -0.387 e. The molecule has 0 spiro atoms. The number of aliphatic hydroxyl groups is 1. The molecule has 0 saturated carbocycles. The molecule has 1 aromatic carbocycles. The number of aliphatic hydroxyl groups excluding tert-OH is 1. The third-order valence-corrected chi connectivity index (χ3v) is 2.80. The summed E-state index contributed by atoms with van der Waals surface area (Å²) in [5.74, 6) is 0. The maximum absolute atomic E-state index is 9.47. The molecule has 5 heteroatoms. The monoisotopic (exact) mass is 240 g/mol. The second-order valence-corrected chi connectivity index (χ2v) is 4.12. The van der Waals surface area contributed by atoms with Gasteiger partial charge in [0.15, 0.2) is 0 Å². The fourth-order valence-corrected chi connectivity index (χ4v) is 1.86. The molecule has 3 rings (SSSR count). The minimum atomic E-state index is -0.623. The van der Waals surface area contributed by atoms with Crippen molar-refractivity contribution in [2.24, 2.45) is 0 Å². The van der Waals surface area contributed by atoms with E-state index in [1.165, 1.54) is 0 Å². The van der Waals surface area contributed by atoms with Crippen LogP contribution in [0.3, 0.4) is 0 Å². The van der Waals surface area contributed by atoms with Crippen molar-refractivity contribution >= 4 is 10.9 Å². The van der Waals surface area contributed by atoms with E-state index in [9.17, 15) is 5.11 Å². The van der Waals surface area contributed by atoms with Crippen LogP contribution in [-0.2, 0) is 0 Å². The van der Waals surface area contributed by atoms with E-state index in [1.54, 1.807) is 24.0 Å². The molecule has 1 atom stereocenters. The maximum Gasteiger partial charge on any atom is 0.111 e. The van der Waals surface area contributed by atoms with Gasteiger partial charge in [0.1, 0.15) is 5.69 Å². The number of para-hydroxylation sites is 1. The van der Waals surface area contributed by atoms with Crippen LogP contribution in [0.25, 0.3) is 16.6 Å². The van der Waals surface area contributed by atoms with E-state index < -0.39 is 6.10 Å². The van der Waals surface area contributed by atoms with E-state index in [4.69, 9.17) is 0 Å². The average molecular weight is 240 g/mol. The normalized spacial score (nSPS) is 12.8. The molecular weight excluding hydrogens is 228 g/mol. The van der Waals surface area contributed by atoms with Gasteiger partial charge in [-0.15, -0.1) is 5.10 Å². The summed E-state index contributed by atoms with van der Waals surface area (Å²) in [6.45, 7) is 1.66. The molecule has 0 radical (unpaired) electrons. The number of nitrogens with zero attached hydrogens (tertiary/aromatic N) is 4. The highest BCUT2D eigenvalue weighted by Crippen LogP contribution is 2.20. The molecule has 0 aliphatic heterocycles. The van der Waals surface area contributed by atoms with Crippen molar-refractivity contribution in [1.82, 2.24) is 20.0 Å². The average Bonchev–Trinajstić information content (AvgIpc) is 2.87. The van der Waals surface area contributed by atoms with Gasteiger partial charge in [0, 0.05) is 11.6 Å². The van der Waals surface area contributed by atoms with Crippen LogP contribution in [0.4, 0.5) is 0 Å². The van der Waals surface area contributed by atoms with Crippen molar-refractivity contribution in [2.45, 2.75) is 13.0 Å². The maximum atomic E-state index is 9.47. The summed E-state index contributed by atoms with van der Waals surface area (Å²) >= 11 is 0. The Hall–Kier alpha value is -2.27. The lowest BCUT2D eigenvalue weighted by atomic mass is 10.2. The Labute approximate surface area is 104 Å². The fraction of sp³-hybridized carbons (Fsp3) is 0.154. The van der Waals surface area contributed by atoms with Crippen LogP contribution in [0.5, 0.6) is 0 Å². The molecular formula is C13H12N4O. The van der Waals surface area contributed by atoms with Gasteiger partial charge in [-0.2, -0.15) is 0 Å². The number of hydrogen-bond acceptors (Lipinski definition) is 4. The van der Waals surface area contributed by atoms with Gasteiger partial charge in [-0.25, -0.2) is 4.68 Å². The van der Waals surface area contributed by atoms with Crippen molar-refractivity contribution in [1.29, 1.82) is 0 Å². The third-order valence-electron chi connectivity index (χ3n) is 2.80. The van der Waals surface area contributed by atoms with Crippen molar-refractivity contribution in [3.8, 4) is 5.69 Å². The lowest BCUT2D eigenvalue weighted by Crippen LogP contribution is -1.97. The second kappa shape index (κ2) is 4.19. The molecule has 2 aromatic heterocycles. The Morgan fingerprint density at radius 2 is 2.06 bits per heavy atom. The van der Waals surface area contributed by atoms with Gasteiger partial charge in [0.25, 0.3) is 0 Å². The Kier molecular flexibility index (Phi) is 2.53. The van der Waals surface area contributed by atoms with E-state index in [0.29, 0.717) is 5.69 Å². The standard InChI is InChI=1S/C13H12N4O/c1-9(18)11-8-17(16-15-11)12-6-2-4-10-5-3-7-14-13(10)12/h2-9,18H,1H3. The summed E-state index contributed by atoms with van der Waals surface area (Å²) in [7, 11) is 0. The lowest BCUT2D eigenvalue weighted by Gasteiger charge is -2.04. The van der Waals surface area contributed by atoms with Crippen LogP contribution in [0.15, 0.2) is 42.7 Å². The Morgan fingerprint density at radius 3 is 2.83 bits per heavy atom. The summed E-state index contributed by atoms with van der Waals surface area (Å²) in [4.78, 5) is 4.36. The summed E-state index contributed by atoms with van der Waals surface area (Å²) < 4.78 is 1.64. The zero-order valence-corrected chi connectivity index (χ0v) is 9.85. The molecule has 0 aliphatic rings. The minimum absolute atomic E-state index is 0.544. The molecule has 0 fully saturated rings. The molecule has 1 unspecified atom stereocenters. The largest absolute Gasteiger partial charge is 0.387 e. The van der Waals surface area contributed by atoms with Crippen LogP contribution >= 0.6 is 0 Å². The Morgan fingerprint density at radius 1 is 1.22 bits per heavy atom. The van der Waals surface area contributed by atoms with Crippen LogP contribution < -0.4 is 0 Å². The second-order valence-electron chi connectivity index (χ2n) is 4.12. The first kappa shape index (κ1) is 10.9. The number of hydrogen-bond donors (Lipinski definition) is 1. The highest BCUT2D eigenvalue weighted by molar-refractivity contribution is 5.85. The van der Waals surface area contributed by atoms with Gasteiger partial charge < -0.3 is 5.11 Å². The molecule has 18 heavy (non-hydrogen) atoms. The molecule has 0 amide bonds. The summed E-state index contributed by atoms with van der Waals surface area (Å²) in [6.07, 6.45) is 2.84. The smallest absolute Gasteiger partial charge is 0.111 e. The zero-order valence-electron chi connectivity index (χ0n) is 9.85. The predicted octanol–water partition coefficient (Wildman–Crippen LogP) is 1.87. The van der Waals surface area contributed by atoms with Crippen LogP contribution in [0.2, 0.25) is 0 Å². The zero-order chi connectivity index (χ0) is 12.5. The first-order chi connectivity index (χ1) is 8.75. The fourth-order valence-electron chi connectivity index (χ4n) is 1.86. The Balaban J connectivity index is 2.18. The van der Waals surface area contributed by atoms with E-state index in [0.717, 1.165) is 16.6 Å². The molecule has 3 aromatic rings. The van der Waals surface area contributed by atoms with E-state index >= 15 is 0 Å². The first-order valence-corrected chi connectivity index (χ1v) is 5.70. The van der Waals surface area contributed by atoms with Gasteiger partial charge in [-0.3, -0.25) is 4.98 Å². The van der Waals surface area contributed by atoms with Gasteiger partial charge >= 0.3 is 0 Å². The lowest BCUT2D eigenvalue weighted by molar-refractivity contribution is 0.194. The van der Waals surface area contributed by atoms with Gasteiger partial charge in [-0.05, 0) is 19.1 Å². The predicted molar refractivity (Wildman–Crippen MR) is 67.3 cm³/mol. The van der Waals surface area contributed by atoms with Crippen molar-refractivity contribution < 1.29 is 5.11 Å². The number of rotatable bonds is 2. The quantitative estimate of drug-likeness (QED) is 0.742. The summed E-state index contributed by atoms with van der Waals surface area (Å²) in [5, 5.41) is 18.5. The number of benzene rings is 1. The molecule has 2 heterocycles. The van der Waals surface area contributed by atoms with Gasteiger partial charge in [0.2, 0.25) is 0 Å². The molecule has 0 aliphatic carbocycles. The highest BCUT2D eigenvalue weighted by atomic mass is 16.3. The molecule has 0 saturated heterocycles. The number of aromatic nitrogens is 4. The summed E-state index contributed by atoms with van der Waals surface area (Å²) in [6, 6.07) is 9.77. The van der Waals surface area contributed by atoms with Crippen molar-refractivity contribution in [2.75, 3.05) is 0 Å². The van der Waals surface area contributed by atoms with Crippen LogP contribution in [0, 0.1) is 0 Å². The van der Waals surface area contributed by atoms with E-state index in [2.05, 4.69) is 15.3 Å². The van der Waals surface area contributed by atoms with Gasteiger partial charge in [-0.1, -0.05) is 23.4 Å². The van der Waals surface area contributed by atoms with Gasteiger partial charge in [0.05, 0.1) is 23.5 Å². The van der Waals surface area contributed by atoms with E-state index in [-0.39, 0.29) is 0 Å². The van der Waals surface area contributed by atoms with Crippen LogP contribution in [0.1, 0.15) is 18.7 Å². The Bertz CT molecular complexity index is 685. The molecule has 90 valence electrons. The van der Waals surface area contributed by atoms with E-state index in [1.807, 2.05) is 30.3 Å². The van der Waals surface area contributed by atoms with Crippen molar-refractivity contribution in [3.63, 3.8) is 0 Å². The summed E-state index contributed by atoms with van der Waals surface area (Å²) in [5.41, 5.74) is 2.26. The highest BCUT2D eigenvalue weighted by Gasteiger charge is 2.09. The molecule has 1 N–H and O–H groups in total.